The van der Waals surface area contributed by atoms with Crippen molar-refractivity contribution in [3.05, 3.63) is 36.0 Å². The van der Waals surface area contributed by atoms with E-state index in [9.17, 15) is 103 Å². The quantitative estimate of drug-likeness (QED) is 0.0274. The first kappa shape index (κ1) is 85.7. The van der Waals surface area contributed by atoms with Gasteiger partial charge in [0.15, 0.2) is 0 Å². The van der Waals surface area contributed by atoms with E-state index in [1.165, 1.54) is 20.8 Å². The van der Waals surface area contributed by atoms with Crippen LogP contribution >= 0.6 is 0 Å². The minimum absolute atomic E-state index is 0.113. The molecular weight excluding hydrogens is 1300 g/mol. The number of carbonyl (C=O) groups is 15. The van der Waals surface area contributed by atoms with Gasteiger partial charge >= 0.3 is 17.9 Å². The van der Waals surface area contributed by atoms with E-state index in [2.05, 4.69) is 68.8 Å². The van der Waals surface area contributed by atoms with Gasteiger partial charge in [0.25, 0.3) is 0 Å². The first-order valence-electron chi connectivity index (χ1n) is 32.4. The van der Waals surface area contributed by atoms with Crippen LogP contribution in [0, 0.1) is 11.8 Å². The van der Waals surface area contributed by atoms with Crippen molar-refractivity contribution in [2.45, 2.75) is 217 Å². The highest BCUT2D eigenvalue weighted by Crippen LogP contribution is 2.20. The highest BCUT2D eigenvalue weighted by Gasteiger charge is 2.39. The molecule has 0 aliphatic carbocycles. The Bertz CT molecular complexity index is 3130. The Morgan fingerprint density at radius 3 is 1.25 bits per heavy atom. The number of nitrogens with one attached hydrogen (secondary N) is 13. The third-order valence-corrected chi connectivity index (χ3v) is 15.6. The van der Waals surface area contributed by atoms with Crippen molar-refractivity contribution in [3.8, 4) is 0 Å². The van der Waals surface area contributed by atoms with E-state index in [4.69, 9.17) is 17.2 Å². The molecule has 0 aliphatic heterocycles. The topological polar surface area (TPSA) is 616 Å². The number of fused-ring (bicyclic) bond motifs is 1. The number of nitrogens with two attached hydrogens (primary N) is 3. The zero-order valence-electron chi connectivity index (χ0n) is 56.9. The number of para-hydroxylation sites is 1. The molecule has 0 radical (unpaired) electrons. The molecule has 25 N–H and O–H groups in total. The molecule has 12 amide bonds. The summed E-state index contributed by atoms with van der Waals surface area (Å²) < 4.78 is 0. The van der Waals surface area contributed by atoms with Gasteiger partial charge in [0, 0.05) is 29.9 Å². The summed E-state index contributed by atoms with van der Waals surface area (Å²) in [6.45, 7) is 11.4. The number of aliphatic hydroxyl groups is 3. The number of aliphatic hydroxyl groups excluding tert-OH is 3. The summed E-state index contributed by atoms with van der Waals surface area (Å²) >= 11 is 0. The van der Waals surface area contributed by atoms with Crippen LogP contribution in [-0.2, 0) is 78.3 Å². The molecule has 0 saturated carbocycles. The van der Waals surface area contributed by atoms with Gasteiger partial charge < -0.3 is 117 Å². The Morgan fingerprint density at radius 1 is 0.424 bits per heavy atom. The van der Waals surface area contributed by atoms with Crippen LogP contribution in [0.3, 0.4) is 0 Å². The molecule has 37 heteroatoms. The van der Waals surface area contributed by atoms with Crippen molar-refractivity contribution in [2.24, 2.45) is 29.0 Å². The standard InChI is InChI=1S/C62H100N16O21/c1-28(2)46(75-58(94)42(24-35-26-66-38-17-11-10-16-36(35)38)74-55(91)41(20-21-44(82)83)70-53(89)37(65)27-79)59(95)78-49(34(9)81)61(97)68-30(5)50(86)67-31(6)51(87)73-43(25-45(84)85)57(93)72-39(18-12-14-22-63)54(90)71-40(19-13-15-23-64)56(92)77-48(33(8)80)60(96)69-32(7)52(88)76-47(29(3)4)62(98)99/h10-11,16-17,26,28-34,37,39-43,46-49,66,79-81H,12-15,18-25,27,63-65H2,1-9H3,(H,67,86)(H,68,97)(H,69,96)(H,70,89)(H,71,90)(H,72,93)(H,73,87)(H,74,91)(H,75,94)(H,76,88)(H,77,92)(H,78,95)(H,82,83)(H,84,85)(H,98,99)/t30-,31-,32-,33+,34+,37-,39-,40-,41-,42-,43-,46-,47-,48-,49-/m0/s1. The number of carbonyl (C=O) groups excluding carboxylic acids is 12. The molecular formula is C62H100N16O21. The van der Waals surface area contributed by atoms with Crippen molar-refractivity contribution in [1.82, 2.24) is 68.8 Å². The Kier molecular flexibility index (Phi) is 36.7. The van der Waals surface area contributed by atoms with Crippen LogP contribution in [0.4, 0.5) is 0 Å². The van der Waals surface area contributed by atoms with Gasteiger partial charge in [0.1, 0.15) is 78.5 Å². The van der Waals surface area contributed by atoms with E-state index in [1.807, 2.05) is 0 Å². The van der Waals surface area contributed by atoms with Crippen molar-refractivity contribution < 1.29 is 103 Å². The summed E-state index contributed by atoms with van der Waals surface area (Å²) in [7, 11) is 0. The molecule has 0 bridgehead atoms. The molecule has 0 spiro atoms. The van der Waals surface area contributed by atoms with Crippen molar-refractivity contribution in [3.63, 3.8) is 0 Å². The van der Waals surface area contributed by atoms with Crippen LogP contribution in [0.2, 0.25) is 0 Å². The minimum Gasteiger partial charge on any atom is -0.481 e. The fraction of sp³-hybridized carbons (Fsp3) is 0.629. The van der Waals surface area contributed by atoms with Gasteiger partial charge in [-0.3, -0.25) is 67.1 Å². The van der Waals surface area contributed by atoms with Gasteiger partial charge in [-0.1, -0.05) is 45.9 Å². The number of hydrogen-bond donors (Lipinski definition) is 22. The summed E-state index contributed by atoms with van der Waals surface area (Å²) in [6.07, 6.45) is -3.35. The fourth-order valence-corrected chi connectivity index (χ4v) is 9.68. The summed E-state index contributed by atoms with van der Waals surface area (Å²) in [4.78, 5) is 203. The highest BCUT2D eigenvalue weighted by atomic mass is 16.4. The van der Waals surface area contributed by atoms with Crippen molar-refractivity contribution in [1.29, 1.82) is 0 Å². The van der Waals surface area contributed by atoms with Gasteiger partial charge in [-0.2, -0.15) is 0 Å². The molecule has 0 fully saturated rings. The van der Waals surface area contributed by atoms with E-state index >= 15 is 0 Å². The number of rotatable bonds is 45. The molecule has 1 aromatic heterocycles. The van der Waals surface area contributed by atoms with Crippen LogP contribution in [-0.4, -0.2) is 235 Å². The van der Waals surface area contributed by atoms with Crippen LogP contribution in [0.25, 0.3) is 10.9 Å². The fourth-order valence-electron chi connectivity index (χ4n) is 9.68. The number of carboxylic acid groups (broad SMARTS) is 3. The average Bonchev–Trinajstić information content (AvgIpc) is 1.73. The molecule has 0 saturated heterocycles. The summed E-state index contributed by atoms with van der Waals surface area (Å²) in [5.74, 6) is -18.2. The molecule has 0 unspecified atom stereocenters. The lowest BCUT2D eigenvalue weighted by Gasteiger charge is -2.29. The molecule has 1 aromatic carbocycles. The van der Waals surface area contributed by atoms with E-state index < -0.39 is 217 Å². The van der Waals surface area contributed by atoms with Gasteiger partial charge in [-0.05, 0) is 116 Å². The van der Waals surface area contributed by atoms with Gasteiger partial charge in [0.05, 0.1) is 25.2 Å². The maximum atomic E-state index is 14.3. The monoisotopic (exact) mass is 1400 g/mol. The van der Waals surface area contributed by atoms with E-state index in [0.717, 1.165) is 27.7 Å². The van der Waals surface area contributed by atoms with Crippen LogP contribution in [0.5, 0.6) is 0 Å². The van der Waals surface area contributed by atoms with Crippen molar-refractivity contribution in [2.75, 3.05) is 19.7 Å². The zero-order valence-corrected chi connectivity index (χ0v) is 56.9. The first-order valence-corrected chi connectivity index (χ1v) is 32.4. The molecule has 99 heavy (non-hydrogen) atoms. The Labute approximate surface area is 571 Å². The number of amides is 12. The Balaban J connectivity index is 2.31. The zero-order chi connectivity index (χ0) is 75.1. The van der Waals surface area contributed by atoms with Gasteiger partial charge in [-0.25, -0.2) is 4.79 Å². The van der Waals surface area contributed by atoms with Gasteiger partial charge in [-0.15, -0.1) is 0 Å². The largest absolute Gasteiger partial charge is 0.481 e. The predicted octanol–water partition coefficient (Wildman–Crippen LogP) is -6.34. The average molecular weight is 1410 g/mol. The Morgan fingerprint density at radius 2 is 0.798 bits per heavy atom. The summed E-state index contributed by atoms with van der Waals surface area (Å²) in [6, 6.07) is -13.6. The number of aromatic amines is 1. The number of hydrogen-bond acceptors (Lipinski definition) is 21. The van der Waals surface area contributed by atoms with Crippen LogP contribution in [0.1, 0.15) is 126 Å². The number of benzene rings is 1. The second kappa shape index (κ2) is 42.4. The molecule has 37 nitrogen and oxygen atoms in total. The normalized spacial score (nSPS) is 15.8. The number of carboxylic acids is 3. The third kappa shape index (κ3) is 28.9. The molecule has 2 rings (SSSR count). The predicted molar refractivity (Wildman–Crippen MR) is 353 cm³/mol. The molecule has 15 atom stereocenters. The maximum absolute atomic E-state index is 14.3. The van der Waals surface area contributed by atoms with E-state index in [0.29, 0.717) is 29.3 Å². The third-order valence-electron chi connectivity index (χ3n) is 15.6. The second-order valence-corrected chi connectivity index (χ2v) is 24.7. The maximum Gasteiger partial charge on any atom is 0.326 e. The molecule has 0 aliphatic rings. The van der Waals surface area contributed by atoms with E-state index in [-0.39, 0.29) is 45.2 Å². The lowest BCUT2D eigenvalue weighted by atomic mass is 9.99. The molecule has 2 aromatic rings. The molecule has 554 valence electrons. The SMILES string of the molecule is CC(C)[C@H](NC(=O)[C@H](C)NC(=O)[C@@H](NC(=O)[C@H](CCCCN)NC(=O)[C@H](CCCCN)NC(=O)[C@H](CC(=O)O)NC(=O)[C@H](C)NC(=O)[C@H](C)NC(=O)[C@@H](NC(=O)[C@@H](NC(=O)[C@H](Cc1c[nH]c2ccccc12)NC(=O)[C@H](CCC(=O)O)NC(=O)[C@@H](N)CO)C(C)C)[C@@H](C)O)[C@@H](C)O)C(=O)O. The van der Waals surface area contributed by atoms with Crippen LogP contribution < -0.4 is 81.0 Å². The van der Waals surface area contributed by atoms with Crippen LogP contribution in [0.15, 0.2) is 30.5 Å². The Hall–Kier alpha value is -9.43. The number of aliphatic carboxylic acids is 3. The summed E-state index contributed by atoms with van der Waals surface area (Å²) in [5, 5.41) is 88.6. The van der Waals surface area contributed by atoms with Gasteiger partial charge in [0.2, 0.25) is 70.9 Å². The molecule has 1 heterocycles. The lowest BCUT2D eigenvalue weighted by Crippen LogP contribution is -2.62. The number of aromatic nitrogens is 1. The minimum atomic E-state index is -1.94. The number of H-pyrrole nitrogens is 1. The summed E-state index contributed by atoms with van der Waals surface area (Å²) in [5.41, 5.74) is 18.2. The highest BCUT2D eigenvalue weighted by molar-refractivity contribution is 6.00. The smallest absolute Gasteiger partial charge is 0.326 e. The second-order valence-electron chi connectivity index (χ2n) is 24.7. The van der Waals surface area contributed by atoms with E-state index in [1.54, 1.807) is 44.3 Å². The number of unbranched alkanes of at least 4 members (excludes halogenated alkanes) is 2. The first-order chi connectivity index (χ1) is 46.4. The van der Waals surface area contributed by atoms with Crippen molar-refractivity contribution >= 4 is 99.7 Å². The lowest BCUT2D eigenvalue weighted by molar-refractivity contribution is -0.143.